The molecule has 1 aliphatic heterocycles. The van der Waals surface area contributed by atoms with Crippen LogP contribution in [0.4, 0.5) is 5.69 Å². The molecule has 2 heterocycles. The lowest BCUT2D eigenvalue weighted by Crippen LogP contribution is -2.34. The molecule has 2 aliphatic rings. The van der Waals surface area contributed by atoms with Crippen LogP contribution in [0.15, 0.2) is 24.5 Å². The number of aryl methyl sites for hydroxylation is 2. The molecule has 0 atom stereocenters. The number of aromatic nitrogens is 2. The maximum atomic E-state index is 12.5. The molecule has 4 rings (SSSR count). The number of likely N-dealkylation sites (tertiary alicyclic amines) is 1. The molecule has 2 aromatic rings. The average Bonchev–Trinajstić information content (AvgIpc) is 3.48. The number of nitrogens with one attached hydrogen (secondary N) is 2. The van der Waals surface area contributed by atoms with Crippen LogP contribution in [0.2, 0.25) is 0 Å². The second-order valence-corrected chi connectivity index (χ2v) is 8.94. The number of anilines is 1. The number of ether oxygens (including phenoxy) is 1. The van der Waals surface area contributed by atoms with Gasteiger partial charge in [-0.05, 0) is 70.8 Å². The summed E-state index contributed by atoms with van der Waals surface area (Å²) in [6, 6.07) is 6.31. The summed E-state index contributed by atoms with van der Waals surface area (Å²) in [4.78, 5) is 23.7. The van der Waals surface area contributed by atoms with Crippen molar-refractivity contribution in [2.45, 2.75) is 58.4 Å². The van der Waals surface area contributed by atoms with Crippen LogP contribution in [0, 0.1) is 13.8 Å². The fraction of sp³-hybridized carbons (Fsp3) is 0.560. The summed E-state index contributed by atoms with van der Waals surface area (Å²) in [5.41, 5.74) is 4.43. The Morgan fingerprint density at radius 3 is 2.53 bits per heavy atom. The Hall–Kier alpha value is -2.51. The largest absolute Gasteiger partial charge is 0.492 e. The van der Waals surface area contributed by atoms with Gasteiger partial charge in [-0.3, -0.25) is 9.69 Å². The minimum absolute atomic E-state index is 0.0247. The number of hydrogen-bond acceptors (Lipinski definition) is 6. The Morgan fingerprint density at radius 1 is 1.09 bits per heavy atom. The number of carbonyl (C=O) groups is 1. The van der Waals surface area contributed by atoms with Crippen LogP contribution in [0.5, 0.6) is 5.75 Å². The maximum absolute atomic E-state index is 12.5. The van der Waals surface area contributed by atoms with Crippen molar-refractivity contribution >= 4 is 11.6 Å². The van der Waals surface area contributed by atoms with Crippen molar-refractivity contribution in [3.05, 3.63) is 35.9 Å². The van der Waals surface area contributed by atoms with Gasteiger partial charge in [0.25, 0.3) is 0 Å². The third-order valence-corrected chi connectivity index (χ3v) is 6.53. The van der Waals surface area contributed by atoms with E-state index in [0.29, 0.717) is 19.2 Å². The van der Waals surface area contributed by atoms with Gasteiger partial charge in [-0.25, -0.2) is 9.97 Å². The van der Waals surface area contributed by atoms with Gasteiger partial charge in [0.05, 0.1) is 6.54 Å². The smallest absolute Gasteiger partial charge is 0.238 e. The summed E-state index contributed by atoms with van der Waals surface area (Å²) < 4.78 is 6.22. The van der Waals surface area contributed by atoms with Gasteiger partial charge in [-0.1, -0.05) is 12.8 Å². The van der Waals surface area contributed by atoms with Gasteiger partial charge in [0, 0.05) is 40.8 Å². The molecule has 1 aromatic heterocycles. The molecule has 1 saturated heterocycles. The Kier molecular flexibility index (Phi) is 7.71. The molecule has 1 aromatic carbocycles. The molecule has 1 saturated carbocycles. The van der Waals surface area contributed by atoms with E-state index in [9.17, 15) is 4.79 Å². The van der Waals surface area contributed by atoms with Gasteiger partial charge in [0.15, 0.2) is 0 Å². The molecule has 172 valence electrons. The Labute approximate surface area is 191 Å². The highest BCUT2D eigenvalue weighted by Crippen LogP contribution is 2.35. The van der Waals surface area contributed by atoms with E-state index in [4.69, 9.17) is 4.74 Å². The van der Waals surface area contributed by atoms with Crippen molar-refractivity contribution < 1.29 is 9.53 Å². The van der Waals surface area contributed by atoms with Gasteiger partial charge in [-0.15, -0.1) is 0 Å². The minimum Gasteiger partial charge on any atom is -0.492 e. The van der Waals surface area contributed by atoms with Gasteiger partial charge in [0.1, 0.15) is 18.7 Å². The third kappa shape index (κ3) is 5.84. The summed E-state index contributed by atoms with van der Waals surface area (Å²) in [6.45, 7) is 8.16. The fourth-order valence-electron chi connectivity index (χ4n) is 4.77. The van der Waals surface area contributed by atoms with E-state index in [1.165, 1.54) is 25.7 Å². The van der Waals surface area contributed by atoms with Gasteiger partial charge in [-0.2, -0.15) is 0 Å². The van der Waals surface area contributed by atoms with Crippen LogP contribution < -0.4 is 15.4 Å². The third-order valence-electron chi connectivity index (χ3n) is 6.53. The molecule has 1 amide bonds. The lowest BCUT2D eigenvalue weighted by Gasteiger charge is -2.19. The first kappa shape index (κ1) is 22.7. The predicted molar refractivity (Wildman–Crippen MR) is 127 cm³/mol. The van der Waals surface area contributed by atoms with Crippen LogP contribution in [0.3, 0.4) is 0 Å². The monoisotopic (exact) mass is 437 g/mol. The molecule has 2 fully saturated rings. The molecule has 0 unspecified atom stereocenters. The number of rotatable bonds is 9. The molecule has 32 heavy (non-hydrogen) atoms. The molecular weight excluding hydrogens is 402 g/mol. The normalized spacial score (nSPS) is 17.1. The van der Waals surface area contributed by atoms with Crippen molar-refractivity contribution in [3.63, 3.8) is 0 Å². The second kappa shape index (κ2) is 10.9. The fourth-order valence-corrected chi connectivity index (χ4v) is 4.77. The number of nitrogens with zero attached hydrogens (tertiary/aromatic N) is 3. The van der Waals surface area contributed by atoms with Crippen LogP contribution >= 0.6 is 0 Å². The number of hydrogen-bond donors (Lipinski definition) is 2. The molecule has 0 radical (unpaired) electrons. The standard InChI is InChI=1S/C25H35N5O2/c1-18-25(19(2)28-17-27-18)22-15-21(29-24(31)16-26-20-7-3-4-8-20)9-10-23(22)32-14-13-30-11-5-6-12-30/h9-10,15,17,20,26H,3-8,11-14,16H2,1-2H3,(H,29,31). The predicted octanol–water partition coefficient (Wildman–Crippen LogP) is 3.71. The van der Waals surface area contributed by atoms with Gasteiger partial charge in [0.2, 0.25) is 5.91 Å². The zero-order valence-electron chi connectivity index (χ0n) is 19.3. The van der Waals surface area contributed by atoms with Gasteiger partial charge < -0.3 is 15.4 Å². The molecule has 0 bridgehead atoms. The highest BCUT2D eigenvalue weighted by molar-refractivity contribution is 5.93. The van der Waals surface area contributed by atoms with Crippen LogP contribution in [0.25, 0.3) is 11.1 Å². The van der Waals surface area contributed by atoms with Crippen molar-refractivity contribution in [1.82, 2.24) is 20.2 Å². The Balaban J connectivity index is 1.48. The van der Waals surface area contributed by atoms with Gasteiger partial charge >= 0.3 is 0 Å². The maximum Gasteiger partial charge on any atom is 0.238 e. The zero-order valence-corrected chi connectivity index (χ0v) is 19.3. The SMILES string of the molecule is Cc1ncnc(C)c1-c1cc(NC(=O)CNC2CCCC2)ccc1OCCN1CCCC1. The van der Waals surface area contributed by atoms with E-state index in [0.717, 1.165) is 66.4 Å². The van der Waals surface area contributed by atoms with Crippen molar-refractivity contribution in [2.24, 2.45) is 0 Å². The van der Waals surface area contributed by atoms with E-state index >= 15 is 0 Å². The molecule has 2 N–H and O–H groups in total. The topological polar surface area (TPSA) is 79.4 Å². The first-order valence-electron chi connectivity index (χ1n) is 11.9. The van der Waals surface area contributed by atoms with Crippen molar-refractivity contribution in [2.75, 3.05) is 38.1 Å². The van der Waals surface area contributed by atoms with E-state index in [1.54, 1.807) is 6.33 Å². The average molecular weight is 438 g/mol. The first-order valence-corrected chi connectivity index (χ1v) is 11.9. The summed E-state index contributed by atoms with van der Waals surface area (Å²) in [7, 11) is 0. The highest BCUT2D eigenvalue weighted by Gasteiger charge is 2.18. The molecule has 1 aliphatic carbocycles. The molecule has 7 nitrogen and oxygen atoms in total. The summed E-state index contributed by atoms with van der Waals surface area (Å²) in [5.74, 6) is 0.774. The number of amides is 1. The molecule has 0 spiro atoms. The summed E-state index contributed by atoms with van der Waals surface area (Å²) in [5, 5.41) is 6.41. The van der Waals surface area contributed by atoms with E-state index in [-0.39, 0.29) is 5.91 Å². The van der Waals surface area contributed by atoms with E-state index < -0.39 is 0 Å². The number of carbonyl (C=O) groups excluding carboxylic acids is 1. The zero-order chi connectivity index (χ0) is 22.3. The van der Waals surface area contributed by atoms with Crippen LogP contribution in [-0.4, -0.2) is 59.6 Å². The number of benzene rings is 1. The lowest BCUT2D eigenvalue weighted by atomic mass is 10.0. The molecule has 7 heteroatoms. The summed E-state index contributed by atoms with van der Waals surface area (Å²) in [6.07, 6.45) is 8.95. The van der Waals surface area contributed by atoms with Crippen LogP contribution in [-0.2, 0) is 4.79 Å². The highest BCUT2D eigenvalue weighted by atomic mass is 16.5. The van der Waals surface area contributed by atoms with E-state index in [1.807, 2.05) is 32.0 Å². The van der Waals surface area contributed by atoms with Crippen molar-refractivity contribution in [3.8, 4) is 16.9 Å². The van der Waals surface area contributed by atoms with Crippen molar-refractivity contribution in [1.29, 1.82) is 0 Å². The Bertz CT molecular complexity index is 900. The minimum atomic E-state index is -0.0247. The Morgan fingerprint density at radius 2 is 1.81 bits per heavy atom. The van der Waals surface area contributed by atoms with E-state index in [2.05, 4.69) is 25.5 Å². The first-order chi connectivity index (χ1) is 15.6. The lowest BCUT2D eigenvalue weighted by molar-refractivity contribution is -0.115. The second-order valence-electron chi connectivity index (χ2n) is 8.94. The van der Waals surface area contributed by atoms with Crippen LogP contribution in [0.1, 0.15) is 49.9 Å². The summed E-state index contributed by atoms with van der Waals surface area (Å²) >= 11 is 0. The molecular formula is C25H35N5O2. The quantitative estimate of drug-likeness (QED) is 0.623.